The van der Waals surface area contributed by atoms with Crippen LogP contribution in [0.1, 0.15) is 53.0 Å². The molecule has 3 aromatic rings. The summed E-state index contributed by atoms with van der Waals surface area (Å²) in [5, 5.41) is 24.0. The molecule has 0 spiro atoms. The fourth-order valence-electron chi connectivity index (χ4n) is 3.78. The zero-order valence-electron chi connectivity index (χ0n) is 18.7. The standard InChI is InChI=1S/C24H29N5O3.CH4/c1-4-5-10-21(30)29(22(16(2)3)24(31)32)15-17-11-13-18(14-12-17)19-8-6-7-9-20(19)23-25-27-28-26-23;/h6-9,11-14,16,22H,4-5,10,15H2,1-3H3,(H,31,32)(H,25,26,27,28);1H4/t22-;/m0./s1. The van der Waals surface area contributed by atoms with Crippen LogP contribution in [0.25, 0.3) is 22.5 Å². The maximum atomic E-state index is 12.9. The number of carboxylic acid groups (broad SMARTS) is 1. The molecule has 0 bridgehead atoms. The van der Waals surface area contributed by atoms with Gasteiger partial charge in [0.25, 0.3) is 0 Å². The minimum absolute atomic E-state index is 0. The van der Waals surface area contributed by atoms with Crippen molar-refractivity contribution in [3.8, 4) is 22.5 Å². The summed E-state index contributed by atoms with van der Waals surface area (Å²) < 4.78 is 0. The van der Waals surface area contributed by atoms with Crippen molar-refractivity contribution in [3.63, 3.8) is 0 Å². The summed E-state index contributed by atoms with van der Waals surface area (Å²) >= 11 is 0. The topological polar surface area (TPSA) is 112 Å². The number of benzene rings is 2. The van der Waals surface area contributed by atoms with Crippen molar-refractivity contribution in [2.75, 3.05) is 0 Å². The lowest BCUT2D eigenvalue weighted by Gasteiger charge is -2.32. The van der Waals surface area contributed by atoms with Gasteiger partial charge in [0.2, 0.25) is 11.7 Å². The van der Waals surface area contributed by atoms with Crippen LogP contribution >= 0.6 is 0 Å². The number of amides is 1. The second kappa shape index (κ2) is 11.9. The van der Waals surface area contributed by atoms with Gasteiger partial charge >= 0.3 is 5.97 Å². The number of aliphatic carboxylic acids is 1. The lowest BCUT2D eigenvalue weighted by molar-refractivity contribution is -0.153. The molecule has 8 nitrogen and oxygen atoms in total. The molecule has 0 fully saturated rings. The third-order valence-electron chi connectivity index (χ3n) is 5.42. The Labute approximate surface area is 195 Å². The molecular weight excluding hydrogens is 418 g/mol. The van der Waals surface area contributed by atoms with Gasteiger partial charge in [-0.05, 0) is 34.2 Å². The third kappa shape index (κ3) is 6.25. The van der Waals surface area contributed by atoms with Crippen molar-refractivity contribution in [1.82, 2.24) is 25.5 Å². The molecule has 33 heavy (non-hydrogen) atoms. The number of nitrogens with one attached hydrogen (secondary N) is 1. The molecule has 1 aromatic heterocycles. The summed E-state index contributed by atoms with van der Waals surface area (Å²) in [6.07, 6.45) is 1.97. The Hall–Kier alpha value is -3.55. The predicted molar refractivity (Wildman–Crippen MR) is 128 cm³/mol. The Morgan fingerprint density at radius 1 is 1.06 bits per heavy atom. The SMILES string of the molecule is C.CCCCC(=O)N(Cc1ccc(-c2ccccc2-c2nn[nH]n2)cc1)[C@H](C(=O)O)C(C)C. The molecule has 1 amide bonds. The highest BCUT2D eigenvalue weighted by molar-refractivity contribution is 5.84. The van der Waals surface area contributed by atoms with Gasteiger partial charge in [-0.15, -0.1) is 10.2 Å². The van der Waals surface area contributed by atoms with E-state index in [0.29, 0.717) is 12.2 Å². The number of carbonyl (C=O) groups excluding carboxylic acids is 1. The average molecular weight is 452 g/mol. The van der Waals surface area contributed by atoms with Crippen LogP contribution in [0, 0.1) is 5.92 Å². The van der Waals surface area contributed by atoms with E-state index in [1.54, 1.807) is 0 Å². The number of carboxylic acids is 1. The normalized spacial score (nSPS) is 11.6. The van der Waals surface area contributed by atoms with E-state index >= 15 is 0 Å². The van der Waals surface area contributed by atoms with Crippen LogP contribution in [0.3, 0.4) is 0 Å². The summed E-state index contributed by atoms with van der Waals surface area (Å²) in [6, 6.07) is 14.7. The first-order valence-corrected chi connectivity index (χ1v) is 10.9. The number of carbonyl (C=O) groups is 2. The van der Waals surface area contributed by atoms with Gasteiger partial charge in [0.05, 0.1) is 0 Å². The van der Waals surface area contributed by atoms with Gasteiger partial charge in [-0.2, -0.15) is 5.21 Å². The van der Waals surface area contributed by atoms with Crippen LogP contribution in [-0.2, 0) is 16.1 Å². The number of rotatable bonds is 10. The van der Waals surface area contributed by atoms with Gasteiger partial charge < -0.3 is 10.0 Å². The van der Waals surface area contributed by atoms with Gasteiger partial charge in [0.1, 0.15) is 6.04 Å². The molecule has 0 unspecified atom stereocenters. The number of aromatic amines is 1. The lowest BCUT2D eigenvalue weighted by Crippen LogP contribution is -2.47. The molecule has 2 aromatic carbocycles. The second-order valence-corrected chi connectivity index (χ2v) is 8.13. The molecule has 0 radical (unpaired) electrons. The van der Waals surface area contributed by atoms with E-state index in [-0.39, 0.29) is 25.8 Å². The highest BCUT2D eigenvalue weighted by Crippen LogP contribution is 2.30. The van der Waals surface area contributed by atoms with E-state index in [1.165, 1.54) is 4.90 Å². The van der Waals surface area contributed by atoms with E-state index in [9.17, 15) is 14.7 Å². The average Bonchev–Trinajstić information content (AvgIpc) is 3.32. The molecule has 1 atom stereocenters. The van der Waals surface area contributed by atoms with Gasteiger partial charge in [0, 0.05) is 18.5 Å². The highest BCUT2D eigenvalue weighted by atomic mass is 16.4. The summed E-state index contributed by atoms with van der Waals surface area (Å²) in [6.45, 7) is 5.93. The predicted octanol–water partition coefficient (Wildman–Crippen LogP) is 4.80. The first-order valence-electron chi connectivity index (χ1n) is 10.9. The van der Waals surface area contributed by atoms with E-state index in [1.807, 2.05) is 69.3 Å². The maximum absolute atomic E-state index is 12.9. The summed E-state index contributed by atoms with van der Waals surface area (Å²) in [4.78, 5) is 26.3. The largest absolute Gasteiger partial charge is 0.480 e. The summed E-state index contributed by atoms with van der Waals surface area (Å²) in [5.74, 6) is -0.784. The zero-order chi connectivity index (χ0) is 23.1. The minimum Gasteiger partial charge on any atom is -0.480 e. The van der Waals surface area contributed by atoms with Crippen LogP contribution in [0.5, 0.6) is 0 Å². The fraction of sp³-hybridized carbons (Fsp3) is 0.400. The van der Waals surface area contributed by atoms with Crippen molar-refractivity contribution >= 4 is 11.9 Å². The summed E-state index contributed by atoms with van der Waals surface area (Å²) in [7, 11) is 0. The van der Waals surface area contributed by atoms with Gasteiger partial charge in [-0.25, -0.2) is 4.79 Å². The summed E-state index contributed by atoms with van der Waals surface area (Å²) in [5.41, 5.74) is 3.66. The van der Waals surface area contributed by atoms with Gasteiger partial charge in [-0.1, -0.05) is 83.1 Å². The fourth-order valence-corrected chi connectivity index (χ4v) is 3.78. The first kappa shape index (κ1) is 25.7. The molecule has 0 saturated heterocycles. The zero-order valence-corrected chi connectivity index (χ0v) is 18.7. The molecule has 1 heterocycles. The number of aromatic nitrogens is 4. The number of unbranched alkanes of at least 4 members (excludes halogenated alkanes) is 1. The number of hydrogen-bond donors (Lipinski definition) is 2. The highest BCUT2D eigenvalue weighted by Gasteiger charge is 2.32. The van der Waals surface area contributed by atoms with E-state index in [0.717, 1.165) is 35.1 Å². The molecule has 3 rings (SSSR count). The van der Waals surface area contributed by atoms with Crippen LogP contribution < -0.4 is 0 Å². The quantitative estimate of drug-likeness (QED) is 0.458. The molecule has 0 saturated carbocycles. The van der Waals surface area contributed by atoms with Crippen LogP contribution in [0.4, 0.5) is 0 Å². The molecule has 0 aliphatic rings. The molecule has 0 aliphatic carbocycles. The Morgan fingerprint density at radius 3 is 2.27 bits per heavy atom. The third-order valence-corrected chi connectivity index (χ3v) is 5.42. The lowest BCUT2D eigenvalue weighted by atomic mass is 9.97. The Balaban J connectivity index is 0.00000385. The monoisotopic (exact) mass is 451 g/mol. The molecular formula is C25H33N5O3. The van der Waals surface area contributed by atoms with Crippen molar-refractivity contribution in [2.45, 2.75) is 60.0 Å². The Bertz CT molecular complexity index is 1030. The Kier molecular flexibility index (Phi) is 9.27. The molecule has 8 heteroatoms. The van der Waals surface area contributed by atoms with E-state index in [4.69, 9.17) is 0 Å². The van der Waals surface area contributed by atoms with E-state index in [2.05, 4.69) is 20.6 Å². The second-order valence-electron chi connectivity index (χ2n) is 8.13. The van der Waals surface area contributed by atoms with Gasteiger partial charge in [-0.3, -0.25) is 4.79 Å². The molecule has 176 valence electrons. The molecule has 2 N–H and O–H groups in total. The molecule has 0 aliphatic heterocycles. The Morgan fingerprint density at radius 2 is 1.73 bits per heavy atom. The van der Waals surface area contributed by atoms with Crippen molar-refractivity contribution < 1.29 is 14.7 Å². The van der Waals surface area contributed by atoms with Crippen molar-refractivity contribution in [3.05, 3.63) is 54.1 Å². The van der Waals surface area contributed by atoms with E-state index < -0.39 is 12.0 Å². The van der Waals surface area contributed by atoms with Crippen LogP contribution in [0.2, 0.25) is 0 Å². The number of nitrogens with zero attached hydrogens (tertiary/aromatic N) is 4. The van der Waals surface area contributed by atoms with Gasteiger partial charge in [0.15, 0.2) is 0 Å². The smallest absolute Gasteiger partial charge is 0.326 e. The van der Waals surface area contributed by atoms with Crippen LogP contribution in [-0.4, -0.2) is 48.5 Å². The number of H-pyrrole nitrogens is 1. The van der Waals surface area contributed by atoms with Crippen molar-refractivity contribution in [1.29, 1.82) is 0 Å². The number of hydrogen-bond acceptors (Lipinski definition) is 5. The van der Waals surface area contributed by atoms with Crippen molar-refractivity contribution in [2.24, 2.45) is 5.92 Å². The first-order chi connectivity index (χ1) is 15.4. The minimum atomic E-state index is -0.976. The number of tetrazole rings is 1. The van der Waals surface area contributed by atoms with Crippen LogP contribution in [0.15, 0.2) is 48.5 Å². The maximum Gasteiger partial charge on any atom is 0.326 e.